The van der Waals surface area contributed by atoms with Crippen molar-refractivity contribution in [1.29, 1.82) is 0 Å². The van der Waals surface area contributed by atoms with E-state index in [-0.39, 0.29) is 6.61 Å². The molecule has 0 fully saturated rings. The summed E-state index contributed by atoms with van der Waals surface area (Å²) in [7, 11) is 0. The number of ether oxygens (including phenoxy) is 1. The Balaban J connectivity index is 2.58. The summed E-state index contributed by atoms with van der Waals surface area (Å²) in [5.74, 6) is -2.08. The Morgan fingerprint density at radius 2 is 2.00 bits per heavy atom. The summed E-state index contributed by atoms with van der Waals surface area (Å²) >= 11 is 0. The van der Waals surface area contributed by atoms with Gasteiger partial charge in [-0.3, -0.25) is 4.79 Å². The fourth-order valence-electron chi connectivity index (χ4n) is 0.986. The molecule has 0 spiro atoms. The molecule has 1 rings (SSSR count). The van der Waals surface area contributed by atoms with Gasteiger partial charge in [0, 0.05) is 0 Å². The molecule has 0 aliphatic carbocycles. The quantitative estimate of drug-likeness (QED) is 0.550. The Hall–Kier alpha value is -1.84. The monoisotopic (exact) mass is 193 g/mol. The molecule has 0 bridgehead atoms. The molecule has 1 aromatic carbocycles. The first-order valence-electron chi connectivity index (χ1n) is 4.12. The normalized spacial score (nSPS) is 9.50. The molecule has 1 amide bonds. The molecule has 1 aromatic rings. The second-order valence-electron chi connectivity index (χ2n) is 2.87. The summed E-state index contributed by atoms with van der Waals surface area (Å²) in [4.78, 5) is 21.1. The van der Waals surface area contributed by atoms with E-state index >= 15 is 0 Å². The van der Waals surface area contributed by atoms with E-state index in [2.05, 4.69) is 4.74 Å². The molecule has 2 N–H and O–H groups in total. The highest BCUT2D eigenvalue weighted by molar-refractivity contribution is 6.31. The van der Waals surface area contributed by atoms with Gasteiger partial charge in [0.15, 0.2) is 0 Å². The second kappa shape index (κ2) is 4.41. The average Bonchev–Trinajstić information content (AvgIpc) is 2.16. The van der Waals surface area contributed by atoms with Crippen molar-refractivity contribution < 1.29 is 14.3 Å². The van der Waals surface area contributed by atoms with Crippen LogP contribution >= 0.6 is 0 Å². The molecule has 0 heterocycles. The predicted molar refractivity (Wildman–Crippen MR) is 50.2 cm³/mol. The third kappa shape index (κ3) is 2.58. The number of hydrogen-bond donors (Lipinski definition) is 1. The fraction of sp³-hybridized carbons (Fsp3) is 0.200. The number of carbonyl (C=O) groups excluding carboxylic acids is 2. The zero-order valence-corrected chi connectivity index (χ0v) is 7.82. The lowest BCUT2D eigenvalue weighted by Crippen LogP contribution is -2.25. The third-order valence-corrected chi connectivity index (χ3v) is 1.82. The van der Waals surface area contributed by atoms with Crippen molar-refractivity contribution in [3.8, 4) is 0 Å². The van der Waals surface area contributed by atoms with Crippen molar-refractivity contribution in [3.05, 3.63) is 35.4 Å². The first kappa shape index (κ1) is 10.2. The van der Waals surface area contributed by atoms with Crippen LogP contribution in [0.15, 0.2) is 24.3 Å². The van der Waals surface area contributed by atoms with Crippen LogP contribution in [0.2, 0.25) is 0 Å². The third-order valence-electron chi connectivity index (χ3n) is 1.82. The van der Waals surface area contributed by atoms with Gasteiger partial charge in [0.25, 0.3) is 0 Å². The number of benzene rings is 1. The van der Waals surface area contributed by atoms with Crippen LogP contribution in [-0.2, 0) is 20.9 Å². The van der Waals surface area contributed by atoms with Gasteiger partial charge < -0.3 is 10.5 Å². The van der Waals surface area contributed by atoms with Crippen molar-refractivity contribution in [1.82, 2.24) is 0 Å². The highest BCUT2D eigenvalue weighted by Crippen LogP contribution is 2.07. The van der Waals surface area contributed by atoms with E-state index in [4.69, 9.17) is 5.73 Å². The van der Waals surface area contributed by atoms with Gasteiger partial charge in [-0.1, -0.05) is 24.3 Å². The van der Waals surface area contributed by atoms with Crippen LogP contribution in [0.5, 0.6) is 0 Å². The van der Waals surface area contributed by atoms with Gasteiger partial charge in [0.05, 0.1) is 0 Å². The summed E-state index contributed by atoms with van der Waals surface area (Å²) in [5.41, 5.74) is 6.59. The van der Waals surface area contributed by atoms with E-state index in [0.717, 1.165) is 11.1 Å². The Kier molecular flexibility index (Phi) is 3.23. The molecular weight excluding hydrogens is 182 g/mol. The van der Waals surface area contributed by atoms with Crippen LogP contribution in [0, 0.1) is 6.92 Å². The summed E-state index contributed by atoms with van der Waals surface area (Å²) < 4.78 is 4.66. The Bertz CT molecular complexity index is 360. The molecule has 0 aromatic heterocycles. The molecule has 0 saturated carbocycles. The number of carbonyl (C=O) groups is 2. The first-order chi connectivity index (χ1) is 6.61. The van der Waals surface area contributed by atoms with Crippen LogP contribution < -0.4 is 5.73 Å². The van der Waals surface area contributed by atoms with Crippen molar-refractivity contribution >= 4 is 11.9 Å². The molecule has 4 nitrogen and oxygen atoms in total. The molecule has 0 saturated heterocycles. The molecule has 0 atom stereocenters. The number of aryl methyl sites for hydroxylation is 1. The molecule has 14 heavy (non-hydrogen) atoms. The van der Waals surface area contributed by atoms with E-state index in [0.29, 0.717) is 0 Å². The lowest BCUT2D eigenvalue weighted by atomic mass is 10.1. The molecule has 0 aliphatic rings. The lowest BCUT2D eigenvalue weighted by molar-refractivity contribution is -0.154. The summed E-state index contributed by atoms with van der Waals surface area (Å²) in [6, 6.07) is 7.44. The lowest BCUT2D eigenvalue weighted by Gasteiger charge is -2.04. The highest BCUT2D eigenvalue weighted by atomic mass is 16.5. The van der Waals surface area contributed by atoms with Gasteiger partial charge in [0.2, 0.25) is 0 Å². The van der Waals surface area contributed by atoms with E-state index in [1.165, 1.54) is 0 Å². The first-order valence-corrected chi connectivity index (χ1v) is 4.12. The number of rotatable bonds is 2. The van der Waals surface area contributed by atoms with Gasteiger partial charge in [-0.05, 0) is 18.1 Å². The maximum absolute atomic E-state index is 10.7. The van der Waals surface area contributed by atoms with Gasteiger partial charge in [-0.15, -0.1) is 0 Å². The predicted octanol–water partition coefficient (Wildman–Crippen LogP) is 0.524. The zero-order chi connectivity index (χ0) is 10.6. The minimum Gasteiger partial charge on any atom is -0.454 e. The average molecular weight is 193 g/mol. The molecule has 74 valence electrons. The topological polar surface area (TPSA) is 69.4 Å². The smallest absolute Gasteiger partial charge is 0.396 e. The molecule has 4 heteroatoms. The molecule has 0 radical (unpaired) electrons. The van der Waals surface area contributed by atoms with Crippen LogP contribution in [0.3, 0.4) is 0 Å². The molecule has 0 aliphatic heterocycles. The van der Waals surface area contributed by atoms with E-state index < -0.39 is 11.9 Å². The number of nitrogens with two attached hydrogens (primary N) is 1. The van der Waals surface area contributed by atoms with Crippen LogP contribution in [0.4, 0.5) is 0 Å². The molecule has 0 unspecified atom stereocenters. The number of esters is 1. The van der Waals surface area contributed by atoms with Gasteiger partial charge >= 0.3 is 11.9 Å². The van der Waals surface area contributed by atoms with E-state index in [1.54, 1.807) is 0 Å². The summed E-state index contributed by atoms with van der Waals surface area (Å²) in [6.45, 7) is 1.97. The Labute approximate surface area is 81.7 Å². The Morgan fingerprint density at radius 1 is 1.36 bits per heavy atom. The number of primary amides is 1. The fourth-order valence-corrected chi connectivity index (χ4v) is 0.986. The van der Waals surface area contributed by atoms with Crippen molar-refractivity contribution in [2.24, 2.45) is 5.73 Å². The van der Waals surface area contributed by atoms with Crippen molar-refractivity contribution in [2.75, 3.05) is 0 Å². The second-order valence-corrected chi connectivity index (χ2v) is 2.87. The summed E-state index contributed by atoms with van der Waals surface area (Å²) in [6.07, 6.45) is 0. The van der Waals surface area contributed by atoms with Gasteiger partial charge in [-0.25, -0.2) is 4.79 Å². The van der Waals surface area contributed by atoms with Gasteiger partial charge in [0.1, 0.15) is 6.61 Å². The highest BCUT2D eigenvalue weighted by Gasteiger charge is 2.10. The standard InChI is InChI=1S/C10H11NO3/c1-7-4-2-3-5-8(7)6-14-10(13)9(11)12/h2-5H,6H2,1H3,(H2,11,12). The van der Waals surface area contributed by atoms with Crippen LogP contribution in [0.1, 0.15) is 11.1 Å². The largest absolute Gasteiger partial charge is 0.454 e. The minimum atomic E-state index is -1.07. The maximum atomic E-state index is 10.7. The zero-order valence-electron chi connectivity index (χ0n) is 7.82. The Morgan fingerprint density at radius 3 is 2.57 bits per heavy atom. The summed E-state index contributed by atoms with van der Waals surface area (Å²) in [5, 5.41) is 0. The molecular formula is C10H11NO3. The maximum Gasteiger partial charge on any atom is 0.396 e. The number of amides is 1. The minimum absolute atomic E-state index is 0.0778. The van der Waals surface area contributed by atoms with Crippen molar-refractivity contribution in [2.45, 2.75) is 13.5 Å². The van der Waals surface area contributed by atoms with E-state index in [1.807, 2.05) is 31.2 Å². The van der Waals surface area contributed by atoms with E-state index in [9.17, 15) is 9.59 Å². The number of hydrogen-bond acceptors (Lipinski definition) is 3. The SMILES string of the molecule is Cc1ccccc1COC(=O)C(N)=O. The van der Waals surface area contributed by atoms with Crippen LogP contribution in [0.25, 0.3) is 0 Å². The van der Waals surface area contributed by atoms with Crippen molar-refractivity contribution in [3.63, 3.8) is 0 Å². The van der Waals surface area contributed by atoms with Gasteiger partial charge in [-0.2, -0.15) is 0 Å². The van der Waals surface area contributed by atoms with Crippen LogP contribution in [-0.4, -0.2) is 11.9 Å².